The maximum atomic E-state index is 13.3. The van der Waals surface area contributed by atoms with Crippen molar-refractivity contribution >= 4 is 0 Å². The first-order valence-electron chi connectivity index (χ1n) is 10.8. The second-order valence-corrected chi connectivity index (χ2v) is 8.36. The molecule has 3 atom stereocenters. The van der Waals surface area contributed by atoms with E-state index in [9.17, 15) is 36.6 Å². The SMILES string of the molecule is C[C@@H](OC1(C2=C([C@@H](O)CCO)C=COC2)C=CCCC1)c1cc(C(F)(F)F)cc(C(F)(F)F)c1. The van der Waals surface area contributed by atoms with Crippen LogP contribution in [-0.2, 0) is 21.8 Å². The van der Waals surface area contributed by atoms with E-state index in [1.165, 1.54) is 19.3 Å². The number of aliphatic hydroxyl groups excluding tert-OH is 2. The Balaban J connectivity index is 2.06. The van der Waals surface area contributed by atoms with Gasteiger partial charge < -0.3 is 19.7 Å². The number of rotatable bonds is 7. The molecule has 1 unspecified atom stereocenters. The minimum atomic E-state index is -4.97. The van der Waals surface area contributed by atoms with Gasteiger partial charge in [-0.3, -0.25) is 0 Å². The molecule has 0 fully saturated rings. The molecule has 1 aliphatic carbocycles. The number of halogens is 6. The van der Waals surface area contributed by atoms with Gasteiger partial charge in [-0.05, 0) is 61.6 Å². The van der Waals surface area contributed by atoms with Crippen molar-refractivity contribution in [2.24, 2.45) is 0 Å². The number of aliphatic hydroxyl groups is 2. The number of hydrogen-bond acceptors (Lipinski definition) is 4. The molecule has 1 heterocycles. The lowest BCUT2D eigenvalue weighted by Crippen LogP contribution is -2.39. The minimum Gasteiger partial charge on any atom is -0.497 e. The van der Waals surface area contributed by atoms with E-state index in [0.29, 0.717) is 36.1 Å². The molecular weight excluding hydrogens is 466 g/mol. The molecule has 1 aliphatic heterocycles. The Morgan fingerprint density at radius 3 is 2.26 bits per heavy atom. The number of benzene rings is 1. The van der Waals surface area contributed by atoms with Crippen LogP contribution < -0.4 is 0 Å². The van der Waals surface area contributed by atoms with E-state index in [0.717, 1.165) is 6.42 Å². The van der Waals surface area contributed by atoms with Gasteiger partial charge in [0.15, 0.2) is 0 Å². The topological polar surface area (TPSA) is 58.9 Å². The van der Waals surface area contributed by atoms with Gasteiger partial charge in [0.25, 0.3) is 0 Å². The molecule has 1 aromatic rings. The number of alkyl halides is 6. The summed E-state index contributed by atoms with van der Waals surface area (Å²) >= 11 is 0. The fourth-order valence-corrected chi connectivity index (χ4v) is 4.25. The minimum absolute atomic E-state index is 0.0156. The normalized spacial score (nSPS) is 23.1. The highest BCUT2D eigenvalue weighted by atomic mass is 19.4. The number of hydrogen-bond donors (Lipinski definition) is 2. The van der Waals surface area contributed by atoms with E-state index in [4.69, 9.17) is 9.47 Å². The van der Waals surface area contributed by atoms with E-state index in [2.05, 4.69) is 0 Å². The molecule has 0 saturated heterocycles. The van der Waals surface area contributed by atoms with Gasteiger partial charge >= 0.3 is 12.4 Å². The quantitative estimate of drug-likeness (QED) is 0.370. The summed E-state index contributed by atoms with van der Waals surface area (Å²) in [5.41, 5.74) is -3.35. The van der Waals surface area contributed by atoms with Crippen molar-refractivity contribution in [3.05, 3.63) is 70.5 Å². The van der Waals surface area contributed by atoms with Crippen molar-refractivity contribution in [1.82, 2.24) is 0 Å². The lowest BCUT2D eigenvalue weighted by molar-refractivity contribution is -0.143. The molecule has 0 spiro atoms. The van der Waals surface area contributed by atoms with Crippen molar-refractivity contribution in [1.29, 1.82) is 0 Å². The third-order valence-corrected chi connectivity index (χ3v) is 5.96. The summed E-state index contributed by atoms with van der Waals surface area (Å²) in [7, 11) is 0. The fraction of sp³-hybridized carbons (Fsp3) is 0.500. The van der Waals surface area contributed by atoms with Gasteiger partial charge in [-0.2, -0.15) is 26.3 Å². The molecule has 4 nitrogen and oxygen atoms in total. The van der Waals surface area contributed by atoms with Crippen LogP contribution in [0.2, 0.25) is 0 Å². The predicted molar refractivity (Wildman–Crippen MR) is 111 cm³/mol. The smallest absolute Gasteiger partial charge is 0.416 e. The third-order valence-electron chi connectivity index (χ3n) is 5.96. The average Bonchev–Trinajstić information content (AvgIpc) is 2.78. The summed E-state index contributed by atoms with van der Waals surface area (Å²) in [5, 5.41) is 19.8. The highest BCUT2D eigenvalue weighted by Crippen LogP contribution is 2.43. The van der Waals surface area contributed by atoms with Gasteiger partial charge in [-0.15, -0.1) is 0 Å². The van der Waals surface area contributed by atoms with Gasteiger partial charge in [0.05, 0.1) is 29.6 Å². The van der Waals surface area contributed by atoms with Gasteiger partial charge in [0.2, 0.25) is 0 Å². The molecule has 0 radical (unpaired) electrons. The monoisotopic (exact) mass is 492 g/mol. The molecule has 10 heteroatoms. The Kier molecular flexibility index (Phi) is 7.84. The van der Waals surface area contributed by atoms with Crippen LogP contribution in [0.3, 0.4) is 0 Å². The third kappa shape index (κ3) is 5.84. The predicted octanol–water partition coefficient (Wildman–Crippen LogP) is 5.86. The summed E-state index contributed by atoms with van der Waals surface area (Å²) in [6.07, 6.45) is -3.88. The summed E-state index contributed by atoms with van der Waals surface area (Å²) < 4.78 is 91.7. The van der Waals surface area contributed by atoms with Gasteiger partial charge in [0.1, 0.15) is 12.2 Å². The standard InChI is InChI=1S/C24H26F6O4/c1-15(16-11-17(23(25,26)27)13-18(12-16)24(28,29)30)34-22(7-3-2-4-8-22)20-14-33-10-6-19(20)21(32)5-9-31/h3,6-7,10-13,15,21,31-32H,2,4-5,8-9,14H2,1H3/t15-,21+,22?/m1/s1. The van der Waals surface area contributed by atoms with Gasteiger partial charge in [-0.1, -0.05) is 12.2 Å². The molecule has 34 heavy (non-hydrogen) atoms. The first-order valence-corrected chi connectivity index (χ1v) is 10.8. The van der Waals surface area contributed by atoms with E-state index < -0.39 is 41.3 Å². The Morgan fingerprint density at radius 1 is 1.09 bits per heavy atom. The maximum absolute atomic E-state index is 13.3. The molecule has 0 bridgehead atoms. The zero-order valence-electron chi connectivity index (χ0n) is 18.4. The van der Waals surface area contributed by atoms with Crippen molar-refractivity contribution in [3.63, 3.8) is 0 Å². The zero-order chi connectivity index (χ0) is 25.1. The molecule has 2 N–H and O–H groups in total. The number of ether oxygens (including phenoxy) is 2. The van der Waals surface area contributed by atoms with Gasteiger partial charge in [0, 0.05) is 18.6 Å². The lowest BCUT2D eigenvalue weighted by Gasteiger charge is -2.40. The Labute approximate surface area is 193 Å². The molecule has 2 aliphatic rings. The van der Waals surface area contributed by atoms with Crippen LogP contribution in [0, 0.1) is 0 Å². The fourth-order valence-electron chi connectivity index (χ4n) is 4.25. The van der Waals surface area contributed by atoms with Crippen molar-refractivity contribution in [2.45, 2.75) is 62.8 Å². The first-order chi connectivity index (χ1) is 15.9. The molecule has 0 saturated carbocycles. The van der Waals surface area contributed by atoms with Crippen LogP contribution in [0.4, 0.5) is 26.3 Å². The van der Waals surface area contributed by atoms with Crippen LogP contribution in [0.1, 0.15) is 55.4 Å². The Morgan fingerprint density at radius 2 is 1.74 bits per heavy atom. The molecular formula is C24H26F6O4. The van der Waals surface area contributed by atoms with Crippen molar-refractivity contribution in [2.75, 3.05) is 13.2 Å². The Bertz CT molecular complexity index is 931. The number of allylic oxidation sites excluding steroid dienone is 1. The van der Waals surface area contributed by atoms with E-state index in [1.54, 1.807) is 6.08 Å². The largest absolute Gasteiger partial charge is 0.497 e. The average molecular weight is 492 g/mol. The highest BCUT2D eigenvalue weighted by molar-refractivity contribution is 5.42. The molecule has 0 amide bonds. The van der Waals surface area contributed by atoms with Crippen LogP contribution in [0.25, 0.3) is 0 Å². The second-order valence-electron chi connectivity index (χ2n) is 8.36. The molecule has 3 rings (SSSR count). The first kappa shape index (κ1) is 26.3. The second kappa shape index (κ2) is 10.1. The van der Waals surface area contributed by atoms with Crippen LogP contribution >= 0.6 is 0 Å². The maximum Gasteiger partial charge on any atom is 0.416 e. The van der Waals surface area contributed by atoms with E-state index >= 15 is 0 Å². The molecule has 0 aromatic heterocycles. The summed E-state index contributed by atoms with van der Waals surface area (Å²) in [6, 6.07) is 1.40. The summed E-state index contributed by atoms with van der Waals surface area (Å²) in [4.78, 5) is 0. The van der Waals surface area contributed by atoms with Crippen LogP contribution in [0.15, 0.2) is 53.8 Å². The summed E-state index contributed by atoms with van der Waals surface area (Å²) in [6.45, 7) is 1.13. The Hall–Kier alpha value is -2.30. The van der Waals surface area contributed by atoms with Crippen molar-refractivity contribution < 1.29 is 46.0 Å². The summed E-state index contributed by atoms with van der Waals surface area (Å²) in [5.74, 6) is 0. The van der Waals surface area contributed by atoms with Crippen molar-refractivity contribution in [3.8, 4) is 0 Å². The van der Waals surface area contributed by atoms with E-state index in [1.807, 2.05) is 6.08 Å². The molecule has 1 aromatic carbocycles. The van der Waals surface area contributed by atoms with E-state index in [-0.39, 0.29) is 31.3 Å². The van der Waals surface area contributed by atoms with Crippen LogP contribution in [-0.4, -0.2) is 35.1 Å². The highest BCUT2D eigenvalue weighted by Gasteiger charge is 2.41. The lowest BCUT2D eigenvalue weighted by atomic mass is 9.79. The molecule has 188 valence electrons. The van der Waals surface area contributed by atoms with Gasteiger partial charge in [-0.25, -0.2) is 0 Å². The zero-order valence-corrected chi connectivity index (χ0v) is 18.4. The van der Waals surface area contributed by atoms with Crippen LogP contribution in [0.5, 0.6) is 0 Å².